The highest BCUT2D eigenvalue weighted by Crippen LogP contribution is 2.26. The van der Waals surface area contributed by atoms with E-state index in [2.05, 4.69) is 38.4 Å². The fourth-order valence-electron chi connectivity index (χ4n) is 3.45. The Bertz CT molecular complexity index is 1050. The van der Waals surface area contributed by atoms with Gasteiger partial charge in [0.15, 0.2) is 0 Å². The molecule has 0 bridgehead atoms. The van der Waals surface area contributed by atoms with E-state index in [9.17, 15) is 9.59 Å². The number of esters is 2. The predicted molar refractivity (Wildman–Crippen MR) is 146 cm³/mol. The molecule has 2 aromatic carbocycles. The van der Waals surface area contributed by atoms with Crippen molar-refractivity contribution in [3.8, 4) is 11.5 Å². The maximum atomic E-state index is 11.5. The highest BCUT2D eigenvalue weighted by atomic mass is 16.6. The number of carbonyl (C=O) groups excluding carboxylic acids is 2. The van der Waals surface area contributed by atoms with Gasteiger partial charge in [-0.2, -0.15) is 0 Å². The van der Waals surface area contributed by atoms with Gasteiger partial charge in [-0.05, 0) is 67.5 Å². The summed E-state index contributed by atoms with van der Waals surface area (Å²) in [6.45, 7) is 18.8. The van der Waals surface area contributed by atoms with E-state index >= 15 is 0 Å². The quantitative estimate of drug-likeness (QED) is 0.126. The summed E-state index contributed by atoms with van der Waals surface area (Å²) >= 11 is 0. The molecule has 0 fully saturated rings. The van der Waals surface area contributed by atoms with Crippen molar-refractivity contribution >= 4 is 11.9 Å². The fraction of sp³-hybridized carbons (Fsp3) is 0.290. The third kappa shape index (κ3) is 9.84. The Hall–Kier alpha value is -4.06. The standard InChI is InChI=1S/C31H36O6/c1-7-9-26-20-24(11-13-28(26)34-15-17-36-30(32)22(3)4)19-25-12-14-29(27(21-25)10-8-2)35-16-18-37-31(33)23(5)6/h7-8,11-14,20-21H,1-3,5,9-10,15-19H2,4,6H3. The van der Waals surface area contributed by atoms with Crippen molar-refractivity contribution < 1.29 is 28.5 Å². The van der Waals surface area contributed by atoms with Crippen LogP contribution in [0.4, 0.5) is 0 Å². The molecule has 0 aliphatic carbocycles. The molecule has 37 heavy (non-hydrogen) atoms. The van der Waals surface area contributed by atoms with Crippen LogP contribution in [0.2, 0.25) is 0 Å². The molecule has 6 nitrogen and oxygen atoms in total. The second-order valence-corrected chi connectivity index (χ2v) is 8.58. The van der Waals surface area contributed by atoms with E-state index in [1.54, 1.807) is 13.8 Å². The fourth-order valence-corrected chi connectivity index (χ4v) is 3.45. The zero-order valence-corrected chi connectivity index (χ0v) is 21.8. The van der Waals surface area contributed by atoms with Gasteiger partial charge in [0.25, 0.3) is 0 Å². The molecule has 2 rings (SSSR count). The van der Waals surface area contributed by atoms with E-state index in [0.29, 0.717) is 24.0 Å². The van der Waals surface area contributed by atoms with Crippen LogP contribution < -0.4 is 9.47 Å². The van der Waals surface area contributed by atoms with E-state index < -0.39 is 11.9 Å². The van der Waals surface area contributed by atoms with Gasteiger partial charge in [0.1, 0.15) is 37.9 Å². The minimum Gasteiger partial charge on any atom is -0.490 e. The van der Waals surface area contributed by atoms with E-state index in [4.69, 9.17) is 18.9 Å². The summed E-state index contributed by atoms with van der Waals surface area (Å²) in [7, 11) is 0. The molecule has 0 amide bonds. The minimum absolute atomic E-state index is 0.151. The maximum Gasteiger partial charge on any atom is 0.333 e. The third-order valence-corrected chi connectivity index (χ3v) is 5.23. The van der Waals surface area contributed by atoms with Crippen LogP contribution in [0.1, 0.15) is 36.1 Å². The van der Waals surface area contributed by atoms with Crippen LogP contribution in [0, 0.1) is 0 Å². The Morgan fingerprint density at radius 3 is 1.46 bits per heavy atom. The molecule has 0 saturated heterocycles. The molecule has 0 saturated carbocycles. The van der Waals surface area contributed by atoms with Crippen LogP contribution in [0.15, 0.2) is 86.0 Å². The molecule has 0 spiro atoms. The third-order valence-electron chi connectivity index (χ3n) is 5.23. The molecule has 0 aliphatic heterocycles. The number of hydrogen-bond donors (Lipinski definition) is 0. The predicted octanol–water partition coefficient (Wildman–Crippen LogP) is 5.73. The largest absolute Gasteiger partial charge is 0.490 e. The number of hydrogen-bond acceptors (Lipinski definition) is 6. The van der Waals surface area contributed by atoms with Crippen LogP contribution in [0.25, 0.3) is 0 Å². The van der Waals surface area contributed by atoms with Crippen molar-refractivity contribution in [2.75, 3.05) is 26.4 Å². The van der Waals surface area contributed by atoms with Crippen molar-refractivity contribution in [1.82, 2.24) is 0 Å². The molecule has 0 aliphatic rings. The zero-order valence-electron chi connectivity index (χ0n) is 21.8. The van der Waals surface area contributed by atoms with Gasteiger partial charge >= 0.3 is 11.9 Å². The molecule has 0 aromatic heterocycles. The van der Waals surface area contributed by atoms with Crippen LogP contribution >= 0.6 is 0 Å². The van der Waals surface area contributed by atoms with Gasteiger partial charge < -0.3 is 18.9 Å². The number of ether oxygens (including phenoxy) is 4. The Labute approximate surface area is 219 Å². The van der Waals surface area contributed by atoms with Crippen LogP contribution in [0.5, 0.6) is 11.5 Å². The van der Waals surface area contributed by atoms with Crippen LogP contribution in [0.3, 0.4) is 0 Å². The van der Waals surface area contributed by atoms with Gasteiger partial charge in [0.2, 0.25) is 0 Å². The molecule has 0 N–H and O–H groups in total. The molecule has 0 heterocycles. The number of allylic oxidation sites excluding steroid dienone is 2. The summed E-state index contributed by atoms with van der Waals surface area (Å²) in [6, 6.07) is 12.1. The normalized spacial score (nSPS) is 10.2. The Morgan fingerprint density at radius 1 is 0.703 bits per heavy atom. The first kappa shape index (κ1) is 29.2. The van der Waals surface area contributed by atoms with Gasteiger partial charge in [-0.1, -0.05) is 49.6 Å². The molecule has 2 aromatic rings. The van der Waals surface area contributed by atoms with E-state index in [-0.39, 0.29) is 26.4 Å². The average Bonchev–Trinajstić information content (AvgIpc) is 2.86. The van der Waals surface area contributed by atoms with Gasteiger partial charge in [-0.3, -0.25) is 0 Å². The van der Waals surface area contributed by atoms with Gasteiger partial charge in [-0.25, -0.2) is 9.59 Å². The second kappa shape index (κ2) is 15.1. The van der Waals surface area contributed by atoms with Crippen molar-refractivity contribution in [3.63, 3.8) is 0 Å². The smallest absolute Gasteiger partial charge is 0.333 e. The molecule has 0 unspecified atom stereocenters. The number of carbonyl (C=O) groups is 2. The Balaban J connectivity index is 2.05. The Kier molecular flexibility index (Phi) is 11.9. The van der Waals surface area contributed by atoms with E-state index in [1.807, 2.05) is 36.4 Å². The molecule has 196 valence electrons. The van der Waals surface area contributed by atoms with Crippen molar-refractivity contribution in [2.45, 2.75) is 33.1 Å². The topological polar surface area (TPSA) is 71.1 Å². The first-order chi connectivity index (χ1) is 17.7. The van der Waals surface area contributed by atoms with Gasteiger partial charge in [0.05, 0.1) is 0 Å². The lowest BCUT2D eigenvalue weighted by Gasteiger charge is -2.14. The monoisotopic (exact) mass is 504 g/mol. The van der Waals surface area contributed by atoms with Crippen LogP contribution in [-0.2, 0) is 38.3 Å². The number of benzene rings is 2. The summed E-state index contributed by atoms with van der Waals surface area (Å²) in [4.78, 5) is 23.0. The summed E-state index contributed by atoms with van der Waals surface area (Å²) in [5.74, 6) is 0.615. The van der Waals surface area contributed by atoms with Crippen molar-refractivity contribution in [3.05, 3.63) is 108 Å². The lowest BCUT2D eigenvalue weighted by atomic mass is 9.98. The molecule has 6 heteroatoms. The molecular weight excluding hydrogens is 468 g/mol. The highest BCUT2D eigenvalue weighted by molar-refractivity contribution is 5.87. The number of rotatable bonds is 16. The zero-order chi connectivity index (χ0) is 27.2. The first-order valence-corrected chi connectivity index (χ1v) is 12.1. The van der Waals surface area contributed by atoms with Gasteiger partial charge in [-0.15, -0.1) is 13.2 Å². The van der Waals surface area contributed by atoms with Crippen LogP contribution in [-0.4, -0.2) is 38.4 Å². The van der Waals surface area contributed by atoms with E-state index in [1.165, 1.54) is 0 Å². The van der Waals surface area contributed by atoms with Gasteiger partial charge in [0, 0.05) is 11.1 Å². The second-order valence-electron chi connectivity index (χ2n) is 8.58. The van der Waals surface area contributed by atoms with Crippen molar-refractivity contribution in [2.24, 2.45) is 0 Å². The van der Waals surface area contributed by atoms with E-state index in [0.717, 1.165) is 40.2 Å². The molecule has 0 atom stereocenters. The van der Waals surface area contributed by atoms with Crippen molar-refractivity contribution in [1.29, 1.82) is 0 Å². The maximum absolute atomic E-state index is 11.5. The SMILES string of the molecule is C=CCc1cc(Cc2ccc(OCCOC(=O)C(=C)C)c(CC=C)c2)ccc1OCCOC(=O)C(=C)C. The summed E-state index contributed by atoms with van der Waals surface area (Å²) < 4.78 is 21.9. The average molecular weight is 505 g/mol. The Morgan fingerprint density at radius 2 is 1.11 bits per heavy atom. The summed E-state index contributed by atoms with van der Waals surface area (Å²) in [5, 5.41) is 0. The molecular formula is C31H36O6. The lowest BCUT2D eigenvalue weighted by Crippen LogP contribution is -2.13. The summed E-state index contributed by atoms with van der Waals surface area (Å²) in [6.07, 6.45) is 5.68. The summed E-state index contributed by atoms with van der Waals surface area (Å²) in [5.41, 5.74) is 4.99. The first-order valence-electron chi connectivity index (χ1n) is 12.1. The lowest BCUT2D eigenvalue weighted by molar-refractivity contribution is -0.140. The highest BCUT2D eigenvalue weighted by Gasteiger charge is 2.10. The molecule has 0 radical (unpaired) electrons. The minimum atomic E-state index is -0.427.